The van der Waals surface area contributed by atoms with Crippen LogP contribution in [0.4, 0.5) is 0 Å². The lowest BCUT2D eigenvalue weighted by Gasteiger charge is -2.49. The van der Waals surface area contributed by atoms with Gasteiger partial charge >= 0.3 is 5.97 Å². The zero-order valence-electron chi connectivity index (χ0n) is 14.6. The highest BCUT2D eigenvalue weighted by atomic mass is 28.4. The standard InChI is InChI=1S/C17H34O2Si/c1-9-12-14(4)20(17(6,7)8,15(5)13-10-2)19-16(18)11-3/h11,14-15H,3,9-10,12-13H2,1-2,4-8H3. The van der Waals surface area contributed by atoms with Crippen LogP contribution in [0.15, 0.2) is 12.7 Å². The van der Waals surface area contributed by atoms with Crippen molar-refractivity contribution < 1.29 is 9.22 Å². The zero-order chi connectivity index (χ0) is 16.0. The molecule has 0 aliphatic rings. The molecule has 0 fully saturated rings. The number of carbonyl (C=O) groups excluding carboxylic acids is 1. The van der Waals surface area contributed by atoms with Gasteiger partial charge in [0.2, 0.25) is 0 Å². The van der Waals surface area contributed by atoms with E-state index in [2.05, 4.69) is 55.0 Å². The number of hydrogen-bond acceptors (Lipinski definition) is 2. The van der Waals surface area contributed by atoms with Crippen molar-refractivity contribution in [2.24, 2.45) is 0 Å². The summed E-state index contributed by atoms with van der Waals surface area (Å²) in [4.78, 5) is 12.0. The maximum Gasteiger partial charge on any atom is 0.316 e. The molecular formula is C17H34O2Si. The van der Waals surface area contributed by atoms with Gasteiger partial charge in [0.1, 0.15) is 0 Å². The molecule has 0 bridgehead atoms. The summed E-state index contributed by atoms with van der Waals surface area (Å²) >= 11 is 0. The van der Waals surface area contributed by atoms with Crippen molar-refractivity contribution in [2.45, 2.75) is 90.3 Å². The topological polar surface area (TPSA) is 26.3 Å². The molecule has 0 spiro atoms. The Morgan fingerprint density at radius 3 is 1.80 bits per heavy atom. The van der Waals surface area contributed by atoms with Gasteiger partial charge < -0.3 is 4.43 Å². The quantitative estimate of drug-likeness (QED) is 0.415. The monoisotopic (exact) mass is 298 g/mol. The molecule has 0 heterocycles. The van der Waals surface area contributed by atoms with E-state index in [-0.39, 0.29) is 11.0 Å². The average Bonchev–Trinajstić information content (AvgIpc) is 2.34. The maximum absolute atomic E-state index is 12.0. The van der Waals surface area contributed by atoms with Crippen LogP contribution in [0.2, 0.25) is 16.1 Å². The third-order valence-electron chi connectivity index (χ3n) is 4.52. The summed E-state index contributed by atoms with van der Waals surface area (Å²) < 4.78 is 6.16. The average molecular weight is 299 g/mol. The van der Waals surface area contributed by atoms with Crippen molar-refractivity contribution in [3.8, 4) is 0 Å². The molecule has 2 atom stereocenters. The first-order valence-corrected chi connectivity index (χ1v) is 10.1. The smallest absolute Gasteiger partial charge is 0.316 e. The van der Waals surface area contributed by atoms with Crippen molar-refractivity contribution in [3.63, 3.8) is 0 Å². The van der Waals surface area contributed by atoms with Gasteiger partial charge in [0.15, 0.2) is 0 Å². The third-order valence-corrected chi connectivity index (χ3v) is 10.9. The fourth-order valence-corrected chi connectivity index (χ4v) is 10.3. The second kappa shape index (κ2) is 8.01. The minimum Gasteiger partial charge on any atom is -0.515 e. The van der Waals surface area contributed by atoms with Gasteiger partial charge in [0.05, 0.1) is 0 Å². The summed E-state index contributed by atoms with van der Waals surface area (Å²) in [6.45, 7) is 19.3. The largest absolute Gasteiger partial charge is 0.515 e. The Morgan fingerprint density at radius 1 is 1.15 bits per heavy atom. The van der Waals surface area contributed by atoms with Gasteiger partial charge in [-0.2, -0.15) is 0 Å². The van der Waals surface area contributed by atoms with Crippen molar-refractivity contribution in [1.82, 2.24) is 0 Å². The Hall–Kier alpha value is -0.573. The van der Waals surface area contributed by atoms with Gasteiger partial charge in [-0.1, -0.05) is 80.7 Å². The van der Waals surface area contributed by atoms with Crippen molar-refractivity contribution in [3.05, 3.63) is 12.7 Å². The van der Waals surface area contributed by atoms with E-state index in [0.29, 0.717) is 11.1 Å². The minimum atomic E-state index is -2.25. The van der Waals surface area contributed by atoms with E-state index in [0.717, 1.165) is 25.7 Å². The molecule has 0 saturated carbocycles. The number of hydrogen-bond donors (Lipinski definition) is 0. The normalized spacial score (nSPS) is 17.9. The second-order valence-electron chi connectivity index (χ2n) is 7.05. The molecule has 2 unspecified atom stereocenters. The molecule has 0 saturated heterocycles. The first-order chi connectivity index (χ1) is 9.17. The lowest BCUT2D eigenvalue weighted by molar-refractivity contribution is -0.130. The fraction of sp³-hybridized carbons (Fsp3) is 0.824. The molecule has 0 aromatic rings. The van der Waals surface area contributed by atoms with Crippen LogP contribution in [0.5, 0.6) is 0 Å². The Bertz CT molecular complexity index is 305. The summed E-state index contributed by atoms with van der Waals surface area (Å²) in [6, 6.07) is 0. The highest BCUT2D eigenvalue weighted by molar-refractivity contribution is 6.80. The Balaban J connectivity index is 5.75. The molecule has 0 aliphatic heterocycles. The summed E-state index contributed by atoms with van der Waals surface area (Å²) in [5.41, 5.74) is 0.941. The van der Waals surface area contributed by atoms with Gasteiger partial charge in [0.25, 0.3) is 8.32 Å². The van der Waals surface area contributed by atoms with Crippen LogP contribution in [0.3, 0.4) is 0 Å². The van der Waals surface area contributed by atoms with Crippen LogP contribution in [0.25, 0.3) is 0 Å². The van der Waals surface area contributed by atoms with E-state index >= 15 is 0 Å². The summed E-state index contributed by atoms with van der Waals surface area (Å²) in [5, 5.41) is 0.0366. The highest BCUT2D eigenvalue weighted by Crippen LogP contribution is 2.53. The van der Waals surface area contributed by atoms with Gasteiger partial charge in [-0.05, 0) is 16.1 Å². The van der Waals surface area contributed by atoms with Gasteiger partial charge in [-0.25, -0.2) is 4.79 Å². The van der Waals surface area contributed by atoms with Crippen LogP contribution < -0.4 is 0 Å². The fourth-order valence-electron chi connectivity index (χ4n) is 3.82. The van der Waals surface area contributed by atoms with Crippen LogP contribution >= 0.6 is 0 Å². The molecule has 0 amide bonds. The van der Waals surface area contributed by atoms with E-state index < -0.39 is 8.32 Å². The van der Waals surface area contributed by atoms with Gasteiger partial charge in [-0.15, -0.1) is 0 Å². The van der Waals surface area contributed by atoms with Crippen LogP contribution in [-0.2, 0) is 9.22 Å². The third kappa shape index (κ3) is 4.21. The Morgan fingerprint density at radius 2 is 1.55 bits per heavy atom. The summed E-state index contributed by atoms with van der Waals surface area (Å²) in [5.74, 6) is -0.238. The molecule has 118 valence electrons. The van der Waals surface area contributed by atoms with Crippen molar-refractivity contribution in [1.29, 1.82) is 0 Å². The maximum atomic E-state index is 12.0. The highest BCUT2D eigenvalue weighted by Gasteiger charge is 2.56. The molecule has 2 nitrogen and oxygen atoms in total. The van der Waals surface area contributed by atoms with Crippen LogP contribution in [-0.4, -0.2) is 14.3 Å². The molecule has 0 radical (unpaired) electrons. The predicted octanol–water partition coefficient (Wildman–Crippen LogP) is 5.84. The van der Waals surface area contributed by atoms with Crippen molar-refractivity contribution in [2.75, 3.05) is 0 Å². The number of rotatable bonds is 8. The van der Waals surface area contributed by atoms with E-state index in [1.807, 2.05) is 0 Å². The molecular weight excluding hydrogens is 264 g/mol. The Labute approximate surface area is 127 Å². The lowest BCUT2D eigenvalue weighted by Crippen LogP contribution is -2.55. The first-order valence-electron chi connectivity index (χ1n) is 8.02. The minimum absolute atomic E-state index is 0.0366. The Kier molecular flexibility index (Phi) is 7.78. The molecule has 0 aliphatic carbocycles. The summed E-state index contributed by atoms with van der Waals surface area (Å²) in [6.07, 6.45) is 5.85. The molecule has 0 aromatic carbocycles. The van der Waals surface area contributed by atoms with E-state index in [1.165, 1.54) is 6.08 Å². The van der Waals surface area contributed by atoms with E-state index in [1.54, 1.807) is 0 Å². The molecule has 0 N–H and O–H groups in total. The number of carbonyl (C=O) groups is 1. The molecule has 3 heteroatoms. The van der Waals surface area contributed by atoms with Crippen LogP contribution in [0.1, 0.15) is 74.1 Å². The van der Waals surface area contributed by atoms with Crippen LogP contribution in [0, 0.1) is 0 Å². The summed E-state index contributed by atoms with van der Waals surface area (Å²) in [7, 11) is -2.25. The van der Waals surface area contributed by atoms with E-state index in [9.17, 15) is 4.79 Å². The zero-order valence-corrected chi connectivity index (χ0v) is 15.6. The predicted molar refractivity (Wildman–Crippen MR) is 90.4 cm³/mol. The van der Waals surface area contributed by atoms with Crippen molar-refractivity contribution >= 4 is 14.3 Å². The SMILES string of the molecule is C=CC(=O)O[Si](C(C)CCC)(C(C)CCC)C(C)(C)C. The van der Waals surface area contributed by atoms with Gasteiger partial charge in [-0.3, -0.25) is 0 Å². The lowest BCUT2D eigenvalue weighted by atomic mass is 10.2. The van der Waals surface area contributed by atoms with Gasteiger partial charge in [0, 0.05) is 6.08 Å². The molecule has 0 aromatic heterocycles. The molecule has 20 heavy (non-hydrogen) atoms. The first kappa shape index (κ1) is 19.4. The second-order valence-corrected chi connectivity index (χ2v) is 12.3. The molecule has 0 rings (SSSR count). The van der Waals surface area contributed by atoms with E-state index in [4.69, 9.17) is 4.43 Å².